The van der Waals surface area contributed by atoms with Crippen molar-refractivity contribution in [2.24, 2.45) is 5.92 Å². The number of nitrogen functional groups attached to an aromatic ring is 1. The van der Waals surface area contributed by atoms with E-state index in [1.807, 2.05) is 36.0 Å². The zero-order chi connectivity index (χ0) is 13.1. The minimum absolute atomic E-state index is 0.653. The molecule has 0 atom stereocenters. The van der Waals surface area contributed by atoms with Crippen LogP contribution >= 0.6 is 11.8 Å². The minimum Gasteiger partial charge on any atom is -0.399 e. The summed E-state index contributed by atoms with van der Waals surface area (Å²) in [6.45, 7) is 0. The van der Waals surface area contributed by atoms with Gasteiger partial charge >= 0.3 is 0 Å². The van der Waals surface area contributed by atoms with Crippen molar-refractivity contribution in [3.63, 3.8) is 0 Å². The molecule has 1 aliphatic heterocycles. The molecule has 5 heteroatoms. The second-order valence-corrected chi connectivity index (χ2v) is 6.12. The zero-order valence-electron chi connectivity index (χ0n) is 10.7. The summed E-state index contributed by atoms with van der Waals surface area (Å²) in [5, 5.41) is 4.05. The Labute approximate surface area is 116 Å². The van der Waals surface area contributed by atoms with Gasteiger partial charge in [0.2, 0.25) is 11.7 Å². The van der Waals surface area contributed by atoms with Gasteiger partial charge in [0.25, 0.3) is 0 Å². The molecule has 0 aliphatic carbocycles. The molecule has 1 fully saturated rings. The van der Waals surface area contributed by atoms with Crippen LogP contribution in [0.2, 0.25) is 0 Å². The van der Waals surface area contributed by atoms with Crippen molar-refractivity contribution < 1.29 is 4.52 Å². The lowest BCUT2D eigenvalue weighted by molar-refractivity contribution is 0.345. The lowest BCUT2D eigenvalue weighted by Gasteiger charge is -2.19. The molecule has 19 heavy (non-hydrogen) atoms. The Morgan fingerprint density at radius 3 is 2.68 bits per heavy atom. The van der Waals surface area contributed by atoms with Crippen LogP contribution in [0.4, 0.5) is 5.69 Å². The molecule has 0 spiro atoms. The predicted octanol–water partition coefficient (Wildman–Crippen LogP) is 3.00. The van der Waals surface area contributed by atoms with Gasteiger partial charge in [0, 0.05) is 17.7 Å². The molecular formula is C14H17N3OS. The molecule has 1 aromatic heterocycles. The summed E-state index contributed by atoms with van der Waals surface area (Å²) in [5.41, 5.74) is 7.36. The van der Waals surface area contributed by atoms with Gasteiger partial charge in [-0.1, -0.05) is 5.16 Å². The molecule has 2 heterocycles. The Hall–Kier alpha value is -1.49. The topological polar surface area (TPSA) is 64.9 Å². The summed E-state index contributed by atoms with van der Waals surface area (Å²) < 4.78 is 5.35. The van der Waals surface area contributed by atoms with Crippen LogP contribution in [0.15, 0.2) is 28.8 Å². The van der Waals surface area contributed by atoms with Gasteiger partial charge in [-0.3, -0.25) is 0 Å². The summed E-state index contributed by atoms with van der Waals surface area (Å²) in [6.07, 6.45) is 3.41. The van der Waals surface area contributed by atoms with Crippen molar-refractivity contribution in [1.82, 2.24) is 10.1 Å². The molecule has 0 bridgehead atoms. The number of thioether (sulfide) groups is 1. The predicted molar refractivity (Wildman–Crippen MR) is 77.9 cm³/mol. The van der Waals surface area contributed by atoms with Crippen molar-refractivity contribution in [2.75, 3.05) is 17.2 Å². The summed E-state index contributed by atoms with van der Waals surface area (Å²) in [7, 11) is 0. The van der Waals surface area contributed by atoms with Gasteiger partial charge in [-0.25, -0.2) is 0 Å². The van der Waals surface area contributed by atoms with Crippen molar-refractivity contribution in [3.05, 3.63) is 30.2 Å². The lowest BCUT2D eigenvalue weighted by atomic mass is 9.99. The summed E-state index contributed by atoms with van der Waals surface area (Å²) in [5.74, 6) is 4.61. The standard InChI is InChI=1S/C14H17N3OS/c15-12-3-1-11(2-4-12)14-16-13(18-17-14)9-10-5-7-19-8-6-10/h1-4,10H,5-9,15H2. The van der Waals surface area contributed by atoms with E-state index in [1.165, 1.54) is 24.3 Å². The molecule has 100 valence electrons. The number of anilines is 1. The van der Waals surface area contributed by atoms with Crippen molar-refractivity contribution in [3.8, 4) is 11.4 Å². The van der Waals surface area contributed by atoms with Crippen molar-refractivity contribution in [1.29, 1.82) is 0 Å². The zero-order valence-corrected chi connectivity index (χ0v) is 11.5. The normalized spacial score (nSPS) is 16.6. The van der Waals surface area contributed by atoms with Crippen LogP contribution in [0.25, 0.3) is 11.4 Å². The van der Waals surface area contributed by atoms with Gasteiger partial charge < -0.3 is 10.3 Å². The highest BCUT2D eigenvalue weighted by atomic mass is 32.2. The Kier molecular flexibility index (Phi) is 3.73. The molecule has 3 rings (SSSR count). The first-order valence-electron chi connectivity index (χ1n) is 6.57. The molecule has 1 aliphatic rings. The maximum absolute atomic E-state index is 5.67. The number of nitrogens with two attached hydrogens (primary N) is 1. The van der Waals surface area contributed by atoms with Crippen LogP contribution in [0, 0.1) is 5.92 Å². The Morgan fingerprint density at radius 2 is 1.95 bits per heavy atom. The number of rotatable bonds is 3. The lowest BCUT2D eigenvalue weighted by Crippen LogP contribution is -2.12. The molecule has 4 nitrogen and oxygen atoms in total. The maximum atomic E-state index is 5.67. The average molecular weight is 275 g/mol. The average Bonchev–Trinajstić information content (AvgIpc) is 2.89. The molecule has 2 aromatic rings. The number of aromatic nitrogens is 2. The highest BCUT2D eigenvalue weighted by molar-refractivity contribution is 7.99. The summed E-state index contributed by atoms with van der Waals surface area (Å²) in [4.78, 5) is 4.48. The van der Waals surface area contributed by atoms with Gasteiger partial charge in [0.1, 0.15) is 0 Å². The highest BCUT2D eigenvalue weighted by Gasteiger charge is 2.18. The van der Waals surface area contributed by atoms with Crippen LogP contribution in [-0.4, -0.2) is 21.6 Å². The monoisotopic (exact) mass is 275 g/mol. The first-order chi connectivity index (χ1) is 9.31. The van der Waals surface area contributed by atoms with E-state index < -0.39 is 0 Å². The third kappa shape index (κ3) is 3.10. The SMILES string of the molecule is Nc1ccc(-c2noc(CC3CCSCC3)n2)cc1. The molecule has 1 aromatic carbocycles. The largest absolute Gasteiger partial charge is 0.399 e. The third-order valence-corrected chi connectivity index (χ3v) is 4.49. The van der Waals surface area contributed by atoms with E-state index in [9.17, 15) is 0 Å². The molecule has 1 saturated heterocycles. The number of hydrogen-bond acceptors (Lipinski definition) is 5. The maximum Gasteiger partial charge on any atom is 0.227 e. The Bertz CT molecular complexity index is 532. The van der Waals surface area contributed by atoms with Gasteiger partial charge in [-0.2, -0.15) is 16.7 Å². The molecule has 0 radical (unpaired) electrons. The van der Waals surface area contributed by atoms with Crippen LogP contribution in [0.1, 0.15) is 18.7 Å². The number of hydrogen-bond donors (Lipinski definition) is 1. The van der Waals surface area contributed by atoms with Gasteiger partial charge in [0.05, 0.1) is 0 Å². The van der Waals surface area contributed by atoms with E-state index in [4.69, 9.17) is 10.3 Å². The van der Waals surface area contributed by atoms with E-state index >= 15 is 0 Å². The summed E-state index contributed by atoms with van der Waals surface area (Å²) >= 11 is 2.03. The summed E-state index contributed by atoms with van der Waals surface area (Å²) in [6, 6.07) is 7.54. The van der Waals surface area contributed by atoms with E-state index in [-0.39, 0.29) is 0 Å². The van der Waals surface area contributed by atoms with E-state index in [1.54, 1.807) is 0 Å². The van der Waals surface area contributed by atoms with Crippen molar-refractivity contribution >= 4 is 17.4 Å². The van der Waals surface area contributed by atoms with E-state index in [0.717, 1.165) is 23.6 Å². The third-order valence-electron chi connectivity index (χ3n) is 3.44. The smallest absolute Gasteiger partial charge is 0.227 e. The van der Waals surface area contributed by atoms with Gasteiger partial charge in [-0.15, -0.1) is 0 Å². The van der Waals surface area contributed by atoms with Crippen LogP contribution in [0.3, 0.4) is 0 Å². The minimum atomic E-state index is 0.653. The second kappa shape index (κ2) is 5.65. The van der Waals surface area contributed by atoms with Crippen LogP contribution in [-0.2, 0) is 6.42 Å². The molecule has 0 amide bonds. The fourth-order valence-corrected chi connectivity index (χ4v) is 3.49. The molecule has 0 saturated carbocycles. The Morgan fingerprint density at radius 1 is 1.21 bits per heavy atom. The van der Waals surface area contributed by atoms with Gasteiger partial charge in [0.15, 0.2) is 0 Å². The fraction of sp³-hybridized carbons (Fsp3) is 0.429. The van der Waals surface area contributed by atoms with Crippen molar-refractivity contribution in [2.45, 2.75) is 19.3 Å². The first kappa shape index (κ1) is 12.5. The van der Waals surface area contributed by atoms with Crippen LogP contribution < -0.4 is 5.73 Å². The second-order valence-electron chi connectivity index (χ2n) is 4.89. The molecular weight excluding hydrogens is 258 g/mol. The molecule has 0 unspecified atom stereocenters. The number of benzene rings is 1. The van der Waals surface area contributed by atoms with Crippen LogP contribution in [0.5, 0.6) is 0 Å². The molecule has 2 N–H and O–H groups in total. The quantitative estimate of drug-likeness (QED) is 0.872. The number of nitrogens with zero attached hydrogens (tertiary/aromatic N) is 2. The fourth-order valence-electron chi connectivity index (χ4n) is 2.28. The highest BCUT2D eigenvalue weighted by Crippen LogP contribution is 2.26. The first-order valence-corrected chi connectivity index (χ1v) is 7.73. The van der Waals surface area contributed by atoms with E-state index in [2.05, 4.69) is 10.1 Å². The van der Waals surface area contributed by atoms with E-state index in [0.29, 0.717) is 11.7 Å². The Balaban J connectivity index is 1.70. The van der Waals surface area contributed by atoms with Gasteiger partial charge in [-0.05, 0) is 54.5 Å².